The molecule has 0 spiro atoms. The number of aryl methyl sites for hydroxylation is 1. The quantitative estimate of drug-likeness (QED) is 0.772. The van der Waals surface area contributed by atoms with E-state index in [0.717, 1.165) is 17.7 Å². The second-order valence-corrected chi connectivity index (χ2v) is 4.86. The van der Waals surface area contributed by atoms with Crippen molar-refractivity contribution >= 4 is 5.69 Å². The van der Waals surface area contributed by atoms with Gasteiger partial charge in [0, 0.05) is 18.3 Å². The highest BCUT2D eigenvalue weighted by molar-refractivity contribution is 5.54. The van der Waals surface area contributed by atoms with Crippen LogP contribution in [0.15, 0.2) is 18.2 Å². The number of nitriles is 1. The minimum atomic E-state index is 0.677. The van der Waals surface area contributed by atoms with Gasteiger partial charge in [0.15, 0.2) is 0 Å². The van der Waals surface area contributed by atoms with Crippen molar-refractivity contribution < 1.29 is 0 Å². The van der Waals surface area contributed by atoms with Gasteiger partial charge in [0.05, 0.1) is 11.6 Å². The first kappa shape index (κ1) is 12.0. The average molecular weight is 228 g/mol. The van der Waals surface area contributed by atoms with E-state index in [9.17, 15) is 0 Å². The largest absolute Gasteiger partial charge is 0.369 e. The molecule has 1 aliphatic rings. The zero-order valence-corrected chi connectivity index (χ0v) is 10.7. The Labute approximate surface area is 104 Å². The van der Waals surface area contributed by atoms with Crippen molar-refractivity contribution in [3.8, 4) is 6.07 Å². The van der Waals surface area contributed by atoms with Crippen LogP contribution in [0.25, 0.3) is 0 Å². The summed E-state index contributed by atoms with van der Waals surface area (Å²) in [6.07, 6.45) is 5.15. The topological polar surface area (TPSA) is 27.0 Å². The third kappa shape index (κ3) is 2.44. The van der Waals surface area contributed by atoms with Crippen LogP contribution in [0.2, 0.25) is 0 Å². The van der Waals surface area contributed by atoms with E-state index >= 15 is 0 Å². The summed E-state index contributed by atoms with van der Waals surface area (Å²) in [4.78, 5) is 2.51. The average Bonchev–Trinajstić information content (AvgIpc) is 2.38. The molecule has 1 unspecified atom stereocenters. The Bertz CT molecular complexity index is 431. The molecule has 0 bridgehead atoms. The lowest BCUT2D eigenvalue weighted by atomic mass is 9.98. The van der Waals surface area contributed by atoms with E-state index in [1.54, 1.807) is 0 Å². The summed E-state index contributed by atoms with van der Waals surface area (Å²) in [5.41, 5.74) is 3.16. The fourth-order valence-corrected chi connectivity index (χ4v) is 2.72. The maximum atomic E-state index is 8.95. The third-order valence-electron chi connectivity index (χ3n) is 3.76. The number of anilines is 1. The summed E-state index contributed by atoms with van der Waals surface area (Å²) < 4.78 is 0. The van der Waals surface area contributed by atoms with Crippen LogP contribution in [0, 0.1) is 18.3 Å². The second kappa shape index (κ2) is 5.23. The van der Waals surface area contributed by atoms with Crippen LogP contribution in [0.3, 0.4) is 0 Å². The van der Waals surface area contributed by atoms with E-state index in [1.165, 1.54) is 31.4 Å². The Hall–Kier alpha value is -1.49. The summed E-state index contributed by atoms with van der Waals surface area (Å²) in [5, 5.41) is 8.95. The Kier molecular flexibility index (Phi) is 3.68. The first-order valence-electron chi connectivity index (χ1n) is 6.53. The van der Waals surface area contributed by atoms with E-state index in [4.69, 9.17) is 5.26 Å². The zero-order valence-electron chi connectivity index (χ0n) is 10.7. The monoisotopic (exact) mass is 228 g/mol. The summed E-state index contributed by atoms with van der Waals surface area (Å²) in [5.74, 6) is 0. The van der Waals surface area contributed by atoms with Crippen LogP contribution in [0.4, 0.5) is 5.69 Å². The van der Waals surface area contributed by atoms with Crippen LogP contribution < -0.4 is 4.90 Å². The standard InChI is InChI=1S/C15H20N2/c1-3-14-6-4-5-9-17(14)15-8-7-13(11-16)12(2)10-15/h7-8,10,14H,3-6,9H2,1-2H3. The van der Waals surface area contributed by atoms with Crippen molar-refractivity contribution in [1.82, 2.24) is 0 Å². The van der Waals surface area contributed by atoms with Gasteiger partial charge in [-0.2, -0.15) is 5.26 Å². The van der Waals surface area contributed by atoms with Crippen molar-refractivity contribution in [2.45, 2.75) is 45.6 Å². The van der Waals surface area contributed by atoms with Gasteiger partial charge in [0.2, 0.25) is 0 Å². The number of piperidine rings is 1. The van der Waals surface area contributed by atoms with E-state index < -0.39 is 0 Å². The molecule has 0 saturated carbocycles. The highest BCUT2D eigenvalue weighted by Gasteiger charge is 2.21. The molecule has 1 aromatic carbocycles. The lowest BCUT2D eigenvalue weighted by Gasteiger charge is -2.37. The molecule has 0 N–H and O–H groups in total. The van der Waals surface area contributed by atoms with Gasteiger partial charge in [-0.05, 0) is 56.4 Å². The number of nitrogens with zero attached hydrogens (tertiary/aromatic N) is 2. The van der Waals surface area contributed by atoms with Crippen molar-refractivity contribution in [3.05, 3.63) is 29.3 Å². The first-order chi connectivity index (χ1) is 8.26. The molecular weight excluding hydrogens is 208 g/mol. The summed E-state index contributed by atoms with van der Waals surface area (Å²) in [6, 6.07) is 9.12. The normalized spacial score (nSPS) is 20.1. The number of hydrogen-bond acceptors (Lipinski definition) is 2. The first-order valence-corrected chi connectivity index (χ1v) is 6.53. The van der Waals surface area contributed by atoms with E-state index in [2.05, 4.69) is 30.0 Å². The molecule has 1 atom stereocenters. The summed E-state index contributed by atoms with van der Waals surface area (Å²) in [6.45, 7) is 5.44. The Morgan fingerprint density at radius 1 is 1.41 bits per heavy atom. The van der Waals surface area contributed by atoms with Crippen LogP contribution >= 0.6 is 0 Å². The molecule has 0 aromatic heterocycles. The van der Waals surface area contributed by atoms with Gasteiger partial charge >= 0.3 is 0 Å². The molecule has 1 aromatic rings. The Morgan fingerprint density at radius 2 is 2.24 bits per heavy atom. The van der Waals surface area contributed by atoms with Gasteiger partial charge < -0.3 is 4.90 Å². The molecule has 90 valence electrons. The number of benzene rings is 1. The molecule has 2 heteroatoms. The summed E-state index contributed by atoms with van der Waals surface area (Å²) >= 11 is 0. The predicted octanol–water partition coefficient (Wildman–Crippen LogP) is 3.64. The molecule has 1 fully saturated rings. The minimum absolute atomic E-state index is 0.677. The van der Waals surface area contributed by atoms with Gasteiger partial charge in [-0.15, -0.1) is 0 Å². The van der Waals surface area contributed by atoms with E-state index in [0.29, 0.717) is 6.04 Å². The maximum absolute atomic E-state index is 8.95. The van der Waals surface area contributed by atoms with Crippen LogP contribution in [0.5, 0.6) is 0 Å². The fourth-order valence-electron chi connectivity index (χ4n) is 2.72. The molecule has 0 amide bonds. The maximum Gasteiger partial charge on any atom is 0.0994 e. The zero-order chi connectivity index (χ0) is 12.3. The van der Waals surface area contributed by atoms with Crippen LogP contribution in [-0.4, -0.2) is 12.6 Å². The van der Waals surface area contributed by atoms with Crippen molar-refractivity contribution in [2.75, 3.05) is 11.4 Å². The van der Waals surface area contributed by atoms with Gasteiger partial charge in [-0.3, -0.25) is 0 Å². The molecule has 0 aliphatic carbocycles. The van der Waals surface area contributed by atoms with Crippen molar-refractivity contribution in [1.29, 1.82) is 5.26 Å². The smallest absolute Gasteiger partial charge is 0.0994 e. The molecular formula is C15H20N2. The fraction of sp³-hybridized carbons (Fsp3) is 0.533. The molecule has 2 rings (SSSR count). The number of hydrogen-bond donors (Lipinski definition) is 0. The van der Waals surface area contributed by atoms with Crippen molar-refractivity contribution in [3.63, 3.8) is 0 Å². The molecule has 0 radical (unpaired) electrons. The molecule has 2 nitrogen and oxygen atoms in total. The SMILES string of the molecule is CCC1CCCCN1c1ccc(C#N)c(C)c1. The summed E-state index contributed by atoms with van der Waals surface area (Å²) in [7, 11) is 0. The number of rotatable bonds is 2. The minimum Gasteiger partial charge on any atom is -0.369 e. The molecule has 1 saturated heterocycles. The van der Waals surface area contributed by atoms with Gasteiger partial charge in [-0.25, -0.2) is 0 Å². The Morgan fingerprint density at radius 3 is 2.88 bits per heavy atom. The molecule has 1 aliphatic heterocycles. The molecule has 1 heterocycles. The highest BCUT2D eigenvalue weighted by atomic mass is 15.2. The predicted molar refractivity (Wildman–Crippen MR) is 71.2 cm³/mol. The van der Waals surface area contributed by atoms with E-state index in [1.807, 2.05) is 13.0 Å². The highest BCUT2D eigenvalue weighted by Crippen LogP contribution is 2.27. The molecule has 17 heavy (non-hydrogen) atoms. The second-order valence-electron chi connectivity index (χ2n) is 4.86. The van der Waals surface area contributed by atoms with Crippen LogP contribution in [0.1, 0.15) is 43.7 Å². The lowest BCUT2D eigenvalue weighted by Crippen LogP contribution is -2.39. The van der Waals surface area contributed by atoms with Crippen molar-refractivity contribution in [2.24, 2.45) is 0 Å². The third-order valence-corrected chi connectivity index (χ3v) is 3.76. The van der Waals surface area contributed by atoms with Gasteiger partial charge in [0.25, 0.3) is 0 Å². The Balaban J connectivity index is 2.26. The van der Waals surface area contributed by atoms with E-state index in [-0.39, 0.29) is 0 Å². The van der Waals surface area contributed by atoms with Gasteiger partial charge in [0.1, 0.15) is 0 Å². The van der Waals surface area contributed by atoms with Gasteiger partial charge in [-0.1, -0.05) is 6.92 Å². The lowest BCUT2D eigenvalue weighted by molar-refractivity contribution is 0.450. The van der Waals surface area contributed by atoms with Crippen LogP contribution in [-0.2, 0) is 0 Å².